The van der Waals surface area contributed by atoms with Gasteiger partial charge in [0.05, 0.1) is 13.2 Å². The Morgan fingerprint density at radius 1 is 1.06 bits per heavy atom. The van der Waals surface area contributed by atoms with Gasteiger partial charge in [0.2, 0.25) is 5.95 Å². The van der Waals surface area contributed by atoms with Crippen molar-refractivity contribution >= 4 is 17.1 Å². The Balaban J connectivity index is 1.55. The highest BCUT2D eigenvalue weighted by atomic mass is 16.5. The Labute approximate surface area is 186 Å². The van der Waals surface area contributed by atoms with Gasteiger partial charge >= 0.3 is 5.69 Å². The number of aromatic nitrogens is 4. The molecule has 0 bridgehead atoms. The number of morpholine rings is 1. The first-order valence-electron chi connectivity index (χ1n) is 11.3. The van der Waals surface area contributed by atoms with E-state index in [-0.39, 0.29) is 11.2 Å². The van der Waals surface area contributed by atoms with Gasteiger partial charge < -0.3 is 14.2 Å². The van der Waals surface area contributed by atoms with Crippen LogP contribution in [0.5, 0.6) is 0 Å². The first-order chi connectivity index (χ1) is 15.5. The molecule has 0 saturated carbocycles. The summed E-state index contributed by atoms with van der Waals surface area (Å²) < 4.78 is 10.3. The van der Waals surface area contributed by atoms with Crippen LogP contribution in [0.1, 0.15) is 12.5 Å². The van der Waals surface area contributed by atoms with Crippen LogP contribution in [0.15, 0.2) is 39.9 Å². The van der Waals surface area contributed by atoms with Crippen LogP contribution in [0.25, 0.3) is 11.2 Å². The molecule has 0 unspecified atom stereocenters. The molecular weight excluding hydrogens is 408 g/mol. The summed E-state index contributed by atoms with van der Waals surface area (Å²) in [5.41, 5.74) is 1.62. The molecule has 3 aromatic rings. The Bertz CT molecular complexity index is 1220. The van der Waals surface area contributed by atoms with Gasteiger partial charge in [0.15, 0.2) is 11.2 Å². The minimum Gasteiger partial charge on any atom is -0.379 e. The maximum Gasteiger partial charge on any atom is 0.332 e. The number of fused-ring (bicyclic) bond motifs is 3. The van der Waals surface area contributed by atoms with Gasteiger partial charge in [0.25, 0.3) is 5.56 Å². The lowest BCUT2D eigenvalue weighted by Gasteiger charge is -2.33. The van der Waals surface area contributed by atoms with Crippen LogP contribution in [0.2, 0.25) is 0 Å². The van der Waals surface area contributed by atoms with Crippen molar-refractivity contribution in [3.63, 3.8) is 0 Å². The molecular formula is C23H30N6O3. The first-order valence-corrected chi connectivity index (χ1v) is 11.3. The molecule has 0 N–H and O–H groups in total. The second-order valence-corrected chi connectivity index (χ2v) is 8.92. The van der Waals surface area contributed by atoms with Gasteiger partial charge in [-0.1, -0.05) is 37.3 Å². The van der Waals surface area contributed by atoms with Crippen LogP contribution >= 0.6 is 0 Å². The van der Waals surface area contributed by atoms with Crippen molar-refractivity contribution in [2.45, 2.75) is 26.6 Å². The normalized spacial score (nSPS) is 19.4. The summed E-state index contributed by atoms with van der Waals surface area (Å²) in [6.45, 7) is 8.53. The second kappa shape index (κ2) is 8.55. The van der Waals surface area contributed by atoms with Crippen molar-refractivity contribution in [3.05, 3.63) is 56.7 Å². The molecule has 2 aliphatic rings. The molecule has 0 amide bonds. The Hall–Kier alpha value is -2.91. The Morgan fingerprint density at radius 3 is 2.56 bits per heavy atom. The average Bonchev–Trinajstić information content (AvgIpc) is 3.19. The summed E-state index contributed by atoms with van der Waals surface area (Å²) in [4.78, 5) is 35.8. The number of imidazole rings is 1. The molecule has 2 aliphatic heterocycles. The molecule has 1 saturated heterocycles. The fourth-order valence-corrected chi connectivity index (χ4v) is 4.80. The average molecular weight is 439 g/mol. The van der Waals surface area contributed by atoms with E-state index in [2.05, 4.69) is 28.9 Å². The topological polar surface area (TPSA) is 77.5 Å². The molecule has 0 aliphatic carbocycles. The van der Waals surface area contributed by atoms with E-state index >= 15 is 0 Å². The number of hydrogen-bond donors (Lipinski definition) is 0. The van der Waals surface area contributed by atoms with E-state index in [9.17, 15) is 9.59 Å². The summed E-state index contributed by atoms with van der Waals surface area (Å²) >= 11 is 0. The van der Waals surface area contributed by atoms with E-state index in [1.807, 2.05) is 22.8 Å². The van der Waals surface area contributed by atoms with Gasteiger partial charge in [-0.2, -0.15) is 4.98 Å². The summed E-state index contributed by atoms with van der Waals surface area (Å²) in [5, 5.41) is 0. The van der Waals surface area contributed by atoms with Gasteiger partial charge in [-0.25, -0.2) is 4.79 Å². The third-order valence-corrected chi connectivity index (χ3v) is 6.48. The second-order valence-electron chi connectivity index (χ2n) is 8.92. The van der Waals surface area contributed by atoms with Crippen molar-refractivity contribution < 1.29 is 4.74 Å². The van der Waals surface area contributed by atoms with Crippen LogP contribution in [-0.2, 0) is 31.4 Å². The third kappa shape index (κ3) is 3.75. The molecule has 5 rings (SSSR count). The van der Waals surface area contributed by atoms with Crippen molar-refractivity contribution in [2.75, 3.05) is 44.3 Å². The van der Waals surface area contributed by atoms with E-state index in [1.54, 1.807) is 7.05 Å². The minimum atomic E-state index is -0.311. The minimum absolute atomic E-state index is 0.246. The molecule has 9 nitrogen and oxygen atoms in total. The Kier molecular flexibility index (Phi) is 5.60. The lowest BCUT2D eigenvalue weighted by atomic mass is 10.1. The van der Waals surface area contributed by atoms with E-state index in [0.717, 1.165) is 25.6 Å². The summed E-state index contributed by atoms with van der Waals surface area (Å²) in [7, 11) is 1.71. The molecule has 0 spiro atoms. The van der Waals surface area contributed by atoms with E-state index < -0.39 is 0 Å². The van der Waals surface area contributed by atoms with Gasteiger partial charge in [0, 0.05) is 52.9 Å². The van der Waals surface area contributed by atoms with Crippen LogP contribution in [0.3, 0.4) is 0 Å². The molecule has 1 aromatic carbocycles. The highest BCUT2D eigenvalue weighted by Gasteiger charge is 2.29. The van der Waals surface area contributed by atoms with Crippen molar-refractivity contribution in [2.24, 2.45) is 13.0 Å². The van der Waals surface area contributed by atoms with Crippen molar-refractivity contribution in [1.29, 1.82) is 0 Å². The zero-order valence-corrected chi connectivity index (χ0v) is 18.7. The zero-order valence-electron chi connectivity index (χ0n) is 18.7. The predicted octanol–water partition coefficient (Wildman–Crippen LogP) is 0.885. The molecule has 1 fully saturated rings. The summed E-state index contributed by atoms with van der Waals surface area (Å²) in [6.07, 6.45) is 0. The summed E-state index contributed by atoms with van der Waals surface area (Å²) in [6, 6.07) is 10.3. The fraction of sp³-hybridized carbons (Fsp3) is 0.522. The number of aryl methyl sites for hydroxylation is 1. The molecule has 32 heavy (non-hydrogen) atoms. The first kappa shape index (κ1) is 21.0. The maximum absolute atomic E-state index is 13.5. The maximum atomic E-state index is 13.5. The zero-order chi connectivity index (χ0) is 22.2. The standard InChI is InChI=1S/C23H30N6O3/c1-17-14-27(16-18-6-4-3-5-7-18)22-24-20-19(29(22)15-17)21(30)28(23(31)25(20)2)9-8-26-10-12-32-13-11-26/h3-7,17H,8-16H2,1-2H3/t17-/m1/s1. The molecule has 9 heteroatoms. The van der Waals surface area contributed by atoms with Crippen molar-refractivity contribution in [3.8, 4) is 0 Å². The van der Waals surface area contributed by atoms with Crippen LogP contribution in [0, 0.1) is 5.92 Å². The van der Waals surface area contributed by atoms with Crippen LogP contribution in [0.4, 0.5) is 5.95 Å². The van der Waals surface area contributed by atoms with Gasteiger partial charge in [0.1, 0.15) is 0 Å². The number of ether oxygens (including phenoxy) is 1. The highest BCUT2D eigenvalue weighted by Crippen LogP contribution is 2.28. The molecule has 0 radical (unpaired) electrons. The number of rotatable bonds is 5. The van der Waals surface area contributed by atoms with Gasteiger partial charge in [-0.15, -0.1) is 0 Å². The van der Waals surface area contributed by atoms with E-state index in [1.165, 1.54) is 14.7 Å². The smallest absolute Gasteiger partial charge is 0.332 e. The third-order valence-electron chi connectivity index (χ3n) is 6.48. The fourth-order valence-electron chi connectivity index (χ4n) is 4.80. The van der Waals surface area contributed by atoms with E-state index in [0.29, 0.717) is 56.5 Å². The van der Waals surface area contributed by atoms with Crippen LogP contribution < -0.4 is 16.1 Å². The number of nitrogens with zero attached hydrogens (tertiary/aromatic N) is 6. The Morgan fingerprint density at radius 2 is 1.81 bits per heavy atom. The highest BCUT2D eigenvalue weighted by molar-refractivity contribution is 5.75. The summed E-state index contributed by atoms with van der Waals surface area (Å²) in [5.74, 6) is 1.13. The molecule has 4 heterocycles. The van der Waals surface area contributed by atoms with E-state index in [4.69, 9.17) is 9.72 Å². The molecule has 170 valence electrons. The number of benzene rings is 1. The molecule has 2 aromatic heterocycles. The monoisotopic (exact) mass is 438 g/mol. The number of hydrogen-bond acceptors (Lipinski definition) is 6. The lowest BCUT2D eigenvalue weighted by molar-refractivity contribution is 0.0361. The predicted molar refractivity (Wildman–Crippen MR) is 123 cm³/mol. The van der Waals surface area contributed by atoms with Gasteiger partial charge in [-0.3, -0.25) is 18.8 Å². The van der Waals surface area contributed by atoms with Crippen LogP contribution in [-0.4, -0.2) is 63.0 Å². The SMILES string of the molecule is C[C@@H]1CN(Cc2ccccc2)c2nc3c(c(=O)n(CCN4CCOCC4)c(=O)n3C)n2C1. The number of anilines is 1. The van der Waals surface area contributed by atoms with Crippen molar-refractivity contribution in [1.82, 2.24) is 23.6 Å². The lowest BCUT2D eigenvalue weighted by Crippen LogP contribution is -2.44. The van der Waals surface area contributed by atoms with Gasteiger partial charge in [-0.05, 0) is 11.5 Å². The molecule has 1 atom stereocenters. The quantitative estimate of drug-likeness (QED) is 0.589. The largest absolute Gasteiger partial charge is 0.379 e.